The molecule has 0 bridgehead atoms. The monoisotopic (exact) mass is 201 g/mol. The Hall–Kier alpha value is -0.600. The van der Waals surface area contributed by atoms with Crippen molar-refractivity contribution in [2.45, 2.75) is 18.9 Å². The third kappa shape index (κ3) is 2.20. The molecular formula is C10H13ClFN. The molecule has 1 heterocycles. The van der Waals surface area contributed by atoms with Gasteiger partial charge in [-0.2, -0.15) is 0 Å². The number of rotatable bonds is 1. The van der Waals surface area contributed by atoms with Gasteiger partial charge in [0.15, 0.2) is 0 Å². The molecule has 13 heavy (non-hydrogen) atoms. The Balaban J connectivity index is 0.000000845. The molecule has 1 saturated heterocycles. The van der Waals surface area contributed by atoms with Crippen molar-refractivity contribution < 1.29 is 4.39 Å². The first-order valence-electron chi connectivity index (χ1n) is 4.36. The van der Waals surface area contributed by atoms with Crippen molar-refractivity contribution >= 4 is 12.4 Å². The highest BCUT2D eigenvalue weighted by Gasteiger charge is 2.18. The molecule has 1 aromatic carbocycles. The summed E-state index contributed by atoms with van der Waals surface area (Å²) in [5.74, 6) is -0.0862. The number of benzene rings is 1. The van der Waals surface area contributed by atoms with Crippen LogP contribution in [0.15, 0.2) is 24.3 Å². The molecule has 0 aromatic heterocycles. The highest BCUT2D eigenvalue weighted by atomic mass is 35.5. The molecule has 0 amide bonds. The van der Waals surface area contributed by atoms with Crippen LogP contribution < -0.4 is 5.32 Å². The second-order valence-corrected chi connectivity index (χ2v) is 3.17. The Labute approximate surface area is 83.8 Å². The fraction of sp³-hybridized carbons (Fsp3) is 0.400. The number of hydrogen-bond acceptors (Lipinski definition) is 1. The maximum atomic E-state index is 13.2. The second-order valence-electron chi connectivity index (χ2n) is 3.17. The van der Waals surface area contributed by atoms with Crippen LogP contribution in [0.2, 0.25) is 0 Å². The summed E-state index contributed by atoms with van der Waals surface area (Å²) in [4.78, 5) is 0. The van der Waals surface area contributed by atoms with E-state index in [0.29, 0.717) is 0 Å². The predicted molar refractivity (Wildman–Crippen MR) is 53.6 cm³/mol. The van der Waals surface area contributed by atoms with Crippen molar-refractivity contribution in [2.24, 2.45) is 0 Å². The van der Waals surface area contributed by atoms with Gasteiger partial charge in [-0.3, -0.25) is 0 Å². The van der Waals surface area contributed by atoms with Gasteiger partial charge in [-0.1, -0.05) is 18.2 Å². The second kappa shape index (κ2) is 4.58. The summed E-state index contributed by atoms with van der Waals surface area (Å²) in [6, 6.07) is 7.24. The number of hydrogen-bond donors (Lipinski definition) is 1. The van der Waals surface area contributed by atoms with Crippen molar-refractivity contribution in [1.29, 1.82) is 0 Å². The lowest BCUT2D eigenvalue weighted by Gasteiger charge is -2.10. The molecule has 1 N–H and O–H groups in total. The Morgan fingerprint density at radius 1 is 1.31 bits per heavy atom. The zero-order valence-electron chi connectivity index (χ0n) is 7.29. The minimum atomic E-state index is -0.0862. The molecule has 72 valence electrons. The fourth-order valence-corrected chi connectivity index (χ4v) is 1.71. The van der Waals surface area contributed by atoms with E-state index >= 15 is 0 Å². The molecule has 2 rings (SSSR count). The zero-order chi connectivity index (χ0) is 8.39. The standard InChI is InChI=1S/C10H12FN.ClH/c11-9-5-2-1-4-8(9)10-6-3-7-12-10;/h1-2,4-5,10,12H,3,6-7H2;1H/t10-;/m1./s1. The Kier molecular flexibility index (Phi) is 3.70. The number of nitrogens with one attached hydrogen (secondary N) is 1. The quantitative estimate of drug-likeness (QED) is 0.737. The summed E-state index contributed by atoms with van der Waals surface area (Å²) in [6.07, 6.45) is 2.21. The van der Waals surface area contributed by atoms with E-state index in [0.717, 1.165) is 24.9 Å². The van der Waals surface area contributed by atoms with Gasteiger partial charge in [0.05, 0.1) is 0 Å². The van der Waals surface area contributed by atoms with Crippen LogP contribution in [0.5, 0.6) is 0 Å². The Bertz CT molecular complexity index is 271. The molecule has 1 fully saturated rings. The first kappa shape index (κ1) is 10.5. The molecule has 0 aliphatic carbocycles. The lowest BCUT2D eigenvalue weighted by atomic mass is 10.1. The van der Waals surface area contributed by atoms with Crippen LogP contribution in [-0.4, -0.2) is 6.54 Å². The summed E-state index contributed by atoms with van der Waals surface area (Å²) < 4.78 is 13.2. The average Bonchev–Trinajstić information content (AvgIpc) is 2.57. The van der Waals surface area contributed by atoms with Crippen LogP contribution in [0.1, 0.15) is 24.4 Å². The SMILES string of the molecule is Cl.Fc1ccccc1[C@H]1CCCN1. The molecule has 1 nitrogen and oxygen atoms in total. The molecular weight excluding hydrogens is 189 g/mol. The topological polar surface area (TPSA) is 12.0 Å². The van der Waals surface area contributed by atoms with Crippen molar-refractivity contribution in [2.75, 3.05) is 6.54 Å². The summed E-state index contributed by atoms with van der Waals surface area (Å²) in [5.41, 5.74) is 0.815. The highest BCUT2D eigenvalue weighted by Crippen LogP contribution is 2.24. The highest BCUT2D eigenvalue weighted by molar-refractivity contribution is 5.85. The van der Waals surface area contributed by atoms with Crippen LogP contribution in [-0.2, 0) is 0 Å². The van der Waals surface area contributed by atoms with E-state index in [4.69, 9.17) is 0 Å². The normalized spacial score (nSPS) is 21.2. The van der Waals surface area contributed by atoms with Crippen molar-refractivity contribution in [3.63, 3.8) is 0 Å². The van der Waals surface area contributed by atoms with Crippen molar-refractivity contribution in [3.05, 3.63) is 35.6 Å². The molecule has 1 aromatic rings. The lowest BCUT2D eigenvalue weighted by molar-refractivity contribution is 0.559. The molecule has 0 radical (unpaired) electrons. The van der Waals surface area contributed by atoms with E-state index in [1.165, 1.54) is 6.07 Å². The molecule has 3 heteroatoms. The van der Waals surface area contributed by atoms with Gasteiger partial charge < -0.3 is 5.32 Å². The van der Waals surface area contributed by atoms with Crippen LogP contribution in [0.4, 0.5) is 4.39 Å². The van der Waals surface area contributed by atoms with Crippen LogP contribution in [0, 0.1) is 5.82 Å². The summed E-state index contributed by atoms with van der Waals surface area (Å²) in [7, 11) is 0. The van der Waals surface area contributed by atoms with E-state index in [9.17, 15) is 4.39 Å². The third-order valence-electron chi connectivity index (χ3n) is 2.34. The van der Waals surface area contributed by atoms with E-state index in [1.54, 1.807) is 6.07 Å². The molecule has 1 aliphatic heterocycles. The van der Waals surface area contributed by atoms with Gasteiger partial charge in [0.25, 0.3) is 0 Å². The Morgan fingerprint density at radius 3 is 2.69 bits per heavy atom. The fourth-order valence-electron chi connectivity index (χ4n) is 1.71. The number of halogens is 2. The molecule has 0 unspecified atom stereocenters. The smallest absolute Gasteiger partial charge is 0.127 e. The van der Waals surface area contributed by atoms with Crippen LogP contribution in [0.3, 0.4) is 0 Å². The maximum absolute atomic E-state index is 13.2. The van der Waals surface area contributed by atoms with E-state index in [-0.39, 0.29) is 24.3 Å². The van der Waals surface area contributed by atoms with Crippen molar-refractivity contribution in [3.8, 4) is 0 Å². The van der Waals surface area contributed by atoms with Gasteiger partial charge in [-0.05, 0) is 25.5 Å². The van der Waals surface area contributed by atoms with Crippen molar-refractivity contribution in [1.82, 2.24) is 5.32 Å². The van der Waals surface area contributed by atoms with Gasteiger partial charge in [0.1, 0.15) is 5.82 Å². The molecule has 0 spiro atoms. The van der Waals surface area contributed by atoms with Gasteiger partial charge in [0, 0.05) is 11.6 Å². The third-order valence-corrected chi connectivity index (χ3v) is 2.34. The summed E-state index contributed by atoms with van der Waals surface area (Å²) >= 11 is 0. The predicted octanol–water partition coefficient (Wildman–Crippen LogP) is 2.67. The molecule has 1 aliphatic rings. The Morgan fingerprint density at radius 2 is 2.08 bits per heavy atom. The van der Waals surface area contributed by atoms with Gasteiger partial charge in [-0.15, -0.1) is 12.4 Å². The van der Waals surface area contributed by atoms with Gasteiger partial charge in [0.2, 0.25) is 0 Å². The maximum Gasteiger partial charge on any atom is 0.127 e. The minimum Gasteiger partial charge on any atom is -0.310 e. The van der Waals surface area contributed by atoms with E-state index < -0.39 is 0 Å². The van der Waals surface area contributed by atoms with Gasteiger partial charge >= 0.3 is 0 Å². The van der Waals surface area contributed by atoms with E-state index in [1.807, 2.05) is 12.1 Å². The van der Waals surface area contributed by atoms with Crippen LogP contribution in [0.25, 0.3) is 0 Å². The zero-order valence-corrected chi connectivity index (χ0v) is 8.11. The van der Waals surface area contributed by atoms with Gasteiger partial charge in [-0.25, -0.2) is 4.39 Å². The summed E-state index contributed by atoms with van der Waals surface area (Å²) in [5, 5.41) is 3.27. The first-order chi connectivity index (χ1) is 5.88. The largest absolute Gasteiger partial charge is 0.310 e. The summed E-state index contributed by atoms with van der Waals surface area (Å²) in [6.45, 7) is 1.01. The van der Waals surface area contributed by atoms with E-state index in [2.05, 4.69) is 5.32 Å². The first-order valence-corrected chi connectivity index (χ1v) is 4.36. The average molecular weight is 202 g/mol. The lowest BCUT2D eigenvalue weighted by Crippen LogP contribution is -2.13. The minimum absolute atomic E-state index is 0. The molecule has 0 saturated carbocycles. The molecule has 1 atom stereocenters. The van der Waals surface area contributed by atoms with Crippen LogP contribution >= 0.6 is 12.4 Å².